The lowest BCUT2D eigenvalue weighted by Gasteiger charge is -2.25. The molecule has 4 aromatic rings. The second-order valence-corrected chi connectivity index (χ2v) is 8.01. The van der Waals surface area contributed by atoms with Crippen LogP contribution in [0, 0.1) is 0 Å². The first kappa shape index (κ1) is 19.7. The van der Waals surface area contributed by atoms with Gasteiger partial charge in [-0.3, -0.25) is 14.5 Å². The zero-order chi connectivity index (χ0) is 21.7. The SMILES string of the molecule is COc1ccc(N2C(=O)c3oc4ccc(Cl)cc4c(=O)c3C2c2ccc(Cl)cc2)cc1. The van der Waals surface area contributed by atoms with Gasteiger partial charge in [-0.1, -0.05) is 35.3 Å². The molecule has 0 N–H and O–H groups in total. The van der Waals surface area contributed by atoms with E-state index < -0.39 is 11.9 Å². The van der Waals surface area contributed by atoms with E-state index in [1.165, 1.54) is 0 Å². The molecule has 0 spiro atoms. The van der Waals surface area contributed by atoms with Gasteiger partial charge in [-0.05, 0) is 60.2 Å². The molecule has 1 aliphatic heterocycles. The number of methoxy groups -OCH3 is 1. The molecule has 0 saturated carbocycles. The van der Waals surface area contributed by atoms with Crippen LogP contribution in [0.5, 0.6) is 5.75 Å². The van der Waals surface area contributed by atoms with Gasteiger partial charge in [0.2, 0.25) is 5.76 Å². The molecule has 31 heavy (non-hydrogen) atoms. The minimum Gasteiger partial charge on any atom is -0.497 e. The molecule has 1 amide bonds. The number of benzene rings is 3. The molecule has 7 heteroatoms. The Balaban J connectivity index is 1.78. The molecule has 1 atom stereocenters. The summed E-state index contributed by atoms with van der Waals surface area (Å²) in [5, 5.41) is 1.30. The number of carbonyl (C=O) groups excluding carboxylic acids is 1. The number of hydrogen-bond donors (Lipinski definition) is 0. The van der Waals surface area contributed by atoms with Crippen molar-refractivity contribution in [3.05, 3.63) is 104 Å². The van der Waals surface area contributed by atoms with Crippen molar-refractivity contribution in [3.63, 3.8) is 0 Å². The van der Waals surface area contributed by atoms with E-state index in [9.17, 15) is 9.59 Å². The summed E-state index contributed by atoms with van der Waals surface area (Å²) in [5.74, 6) is 0.287. The van der Waals surface area contributed by atoms with Crippen LogP contribution in [-0.2, 0) is 0 Å². The van der Waals surface area contributed by atoms with Crippen molar-refractivity contribution in [3.8, 4) is 5.75 Å². The third kappa shape index (κ3) is 3.17. The normalized spacial score (nSPS) is 15.4. The highest BCUT2D eigenvalue weighted by Gasteiger charge is 2.43. The number of halogens is 2. The fourth-order valence-electron chi connectivity index (χ4n) is 3.91. The molecule has 0 bridgehead atoms. The van der Waals surface area contributed by atoms with Crippen molar-refractivity contribution < 1.29 is 13.9 Å². The molecule has 1 aliphatic rings. The number of ether oxygens (including phenoxy) is 1. The van der Waals surface area contributed by atoms with Gasteiger partial charge in [0, 0.05) is 15.7 Å². The number of hydrogen-bond acceptors (Lipinski definition) is 4. The van der Waals surface area contributed by atoms with Gasteiger partial charge in [0.1, 0.15) is 11.3 Å². The Morgan fingerprint density at radius 3 is 2.26 bits per heavy atom. The standard InChI is InChI=1S/C24H15Cl2NO4/c1-30-17-9-7-16(8-10-17)27-21(13-2-4-14(25)5-3-13)20-22(28)18-12-15(26)6-11-19(18)31-23(20)24(27)29/h2-12,21H,1H3. The Kier molecular flexibility index (Phi) is 4.73. The summed E-state index contributed by atoms with van der Waals surface area (Å²) in [6.45, 7) is 0. The van der Waals surface area contributed by atoms with Crippen molar-refractivity contribution in [1.29, 1.82) is 0 Å². The molecule has 5 rings (SSSR count). The van der Waals surface area contributed by atoms with Gasteiger partial charge in [0.05, 0.1) is 24.1 Å². The van der Waals surface area contributed by atoms with Crippen LogP contribution in [-0.4, -0.2) is 13.0 Å². The molecule has 5 nitrogen and oxygen atoms in total. The van der Waals surface area contributed by atoms with Crippen LogP contribution in [0.1, 0.15) is 27.7 Å². The molecular weight excluding hydrogens is 437 g/mol. The highest BCUT2D eigenvalue weighted by atomic mass is 35.5. The average Bonchev–Trinajstić information content (AvgIpc) is 3.07. The van der Waals surface area contributed by atoms with Crippen LogP contribution in [0.15, 0.2) is 75.9 Å². The number of amides is 1. The summed E-state index contributed by atoms with van der Waals surface area (Å²) in [4.78, 5) is 28.5. The highest BCUT2D eigenvalue weighted by Crippen LogP contribution is 2.41. The number of nitrogens with zero attached hydrogens (tertiary/aromatic N) is 1. The van der Waals surface area contributed by atoms with E-state index in [1.807, 2.05) is 0 Å². The Labute approximate surface area is 187 Å². The molecule has 0 fully saturated rings. The molecule has 0 aliphatic carbocycles. The third-order valence-electron chi connectivity index (χ3n) is 5.37. The maximum absolute atomic E-state index is 13.5. The smallest absolute Gasteiger partial charge is 0.295 e. The lowest BCUT2D eigenvalue weighted by atomic mass is 9.98. The Morgan fingerprint density at radius 2 is 1.58 bits per heavy atom. The van der Waals surface area contributed by atoms with E-state index in [4.69, 9.17) is 32.4 Å². The topological polar surface area (TPSA) is 59.8 Å². The lowest BCUT2D eigenvalue weighted by Crippen LogP contribution is -2.29. The minimum atomic E-state index is -0.673. The number of fused-ring (bicyclic) bond motifs is 2. The predicted molar refractivity (Wildman–Crippen MR) is 121 cm³/mol. The fourth-order valence-corrected chi connectivity index (χ4v) is 4.21. The second-order valence-electron chi connectivity index (χ2n) is 7.14. The van der Waals surface area contributed by atoms with E-state index in [-0.39, 0.29) is 16.8 Å². The first-order valence-corrected chi connectivity index (χ1v) is 10.2. The molecule has 154 valence electrons. The van der Waals surface area contributed by atoms with Crippen LogP contribution < -0.4 is 15.1 Å². The first-order chi connectivity index (χ1) is 15.0. The van der Waals surface area contributed by atoms with Gasteiger partial charge in [-0.25, -0.2) is 0 Å². The van der Waals surface area contributed by atoms with E-state index in [2.05, 4.69) is 0 Å². The molecular formula is C24H15Cl2NO4. The summed E-state index contributed by atoms with van der Waals surface area (Å²) < 4.78 is 11.2. The van der Waals surface area contributed by atoms with Crippen molar-refractivity contribution in [1.82, 2.24) is 0 Å². The van der Waals surface area contributed by atoms with Gasteiger partial charge in [-0.2, -0.15) is 0 Å². The van der Waals surface area contributed by atoms with Gasteiger partial charge in [-0.15, -0.1) is 0 Å². The third-order valence-corrected chi connectivity index (χ3v) is 5.86. The van der Waals surface area contributed by atoms with E-state index >= 15 is 0 Å². The quantitative estimate of drug-likeness (QED) is 0.391. The maximum atomic E-state index is 13.5. The summed E-state index contributed by atoms with van der Waals surface area (Å²) in [6, 6.07) is 18.2. The van der Waals surface area contributed by atoms with Crippen LogP contribution in [0.2, 0.25) is 10.0 Å². The van der Waals surface area contributed by atoms with Crippen LogP contribution in [0.25, 0.3) is 11.0 Å². The number of anilines is 1. The Hall–Kier alpha value is -3.28. The van der Waals surface area contributed by atoms with E-state index in [0.717, 1.165) is 5.56 Å². The predicted octanol–water partition coefficient (Wildman–Crippen LogP) is 5.86. The van der Waals surface area contributed by atoms with Crippen molar-refractivity contribution in [2.75, 3.05) is 12.0 Å². The first-order valence-electron chi connectivity index (χ1n) is 9.47. The minimum absolute atomic E-state index is 0.0237. The molecule has 0 radical (unpaired) electrons. The van der Waals surface area contributed by atoms with Gasteiger partial charge in [0.25, 0.3) is 5.91 Å². The monoisotopic (exact) mass is 451 g/mol. The van der Waals surface area contributed by atoms with Gasteiger partial charge >= 0.3 is 0 Å². The van der Waals surface area contributed by atoms with E-state index in [0.29, 0.717) is 32.5 Å². The summed E-state index contributed by atoms with van der Waals surface area (Å²) in [6.07, 6.45) is 0. The van der Waals surface area contributed by atoms with Crippen LogP contribution in [0.4, 0.5) is 5.69 Å². The zero-order valence-electron chi connectivity index (χ0n) is 16.3. The Morgan fingerprint density at radius 1 is 0.903 bits per heavy atom. The van der Waals surface area contributed by atoms with Crippen LogP contribution >= 0.6 is 23.2 Å². The molecule has 2 heterocycles. The lowest BCUT2D eigenvalue weighted by molar-refractivity contribution is 0.0971. The zero-order valence-corrected chi connectivity index (χ0v) is 17.8. The molecule has 1 aromatic heterocycles. The largest absolute Gasteiger partial charge is 0.497 e. The summed E-state index contributed by atoms with van der Waals surface area (Å²) >= 11 is 12.2. The van der Waals surface area contributed by atoms with Crippen molar-refractivity contribution in [2.45, 2.75) is 6.04 Å². The number of rotatable bonds is 3. The number of carbonyl (C=O) groups is 1. The molecule has 3 aromatic carbocycles. The average molecular weight is 452 g/mol. The van der Waals surface area contributed by atoms with E-state index in [1.54, 1.807) is 78.7 Å². The second kappa shape index (κ2) is 7.45. The molecule has 1 unspecified atom stereocenters. The van der Waals surface area contributed by atoms with Crippen LogP contribution in [0.3, 0.4) is 0 Å². The fraction of sp³-hybridized carbons (Fsp3) is 0.0833. The highest BCUT2D eigenvalue weighted by molar-refractivity contribution is 6.31. The van der Waals surface area contributed by atoms with Gasteiger partial charge in [0.15, 0.2) is 5.43 Å². The Bertz CT molecular complexity index is 1380. The summed E-state index contributed by atoms with van der Waals surface area (Å²) in [7, 11) is 1.57. The maximum Gasteiger partial charge on any atom is 0.295 e. The molecule has 0 saturated heterocycles. The van der Waals surface area contributed by atoms with Crippen molar-refractivity contribution in [2.24, 2.45) is 0 Å². The van der Waals surface area contributed by atoms with Gasteiger partial charge < -0.3 is 9.15 Å². The van der Waals surface area contributed by atoms with Crippen molar-refractivity contribution >= 4 is 45.8 Å². The summed E-state index contributed by atoms with van der Waals surface area (Å²) in [5.41, 5.74) is 1.65.